The summed E-state index contributed by atoms with van der Waals surface area (Å²) in [5.41, 5.74) is 1.12. The zero-order valence-corrected chi connectivity index (χ0v) is 13.1. The third kappa shape index (κ3) is 3.01. The van der Waals surface area contributed by atoms with Crippen molar-refractivity contribution in [1.82, 2.24) is 5.32 Å². The first-order valence-electron chi connectivity index (χ1n) is 7.28. The van der Waals surface area contributed by atoms with Crippen LogP contribution in [0.2, 0.25) is 0 Å². The lowest BCUT2D eigenvalue weighted by Crippen LogP contribution is -2.57. The van der Waals surface area contributed by atoms with Crippen molar-refractivity contribution in [2.45, 2.75) is 32.9 Å². The van der Waals surface area contributed by atoms with Gasteiger partial charge < -0.3 is 19.7 Å². The second-order valence-corrected chi connectivity index (χ2v) is 5.81. The van der Waals surface area contributed by atoms with Gasteiger partial charge in [0.25, 0.3) is 0 Å². The molecule has 2 unspecified atom stereocenters. The molecule has 4 heteroatoms. The van der Waals surface area contributed by atoms with Crippen molar-refractivity contribution < 1.29 is 9.47 Å². The maximum atomic E-state index is 5.54. The van der Waals surface area contributed by atoms with Gasteiger partial charge in [0.1, 0.15) is 11.5 Å². The maximum absolute atomic E-state index is 5.54. The molecule has 1 heterocycles. The molecule has 1 aliphatic rings. The van der Waals surface area contributed by atoms with Crippen LogP contribution in [0, 0.1) is 5.92 Å². The molecular weight excluding hydrogens is 252 g/mol. The zero-order chi connectivity index (χ0) is 14.7. The van der Waals surface area contributed by atoms with Crippen LogP contribution in [0.5, 0.6) is 11.5 Å². The molecule has 4 nitrogen and oxygen atoms in total. The van der Waals surface area contributed by atoms with Crippen LogP contribution in [-0.4, -0.2) is 39.4 Å². The molecule has 0 aliphatic carbocycles. The van der Waals surface area contributed by atoms with E-state index in [0.717, 1.165) is 30.3 Å². The molecule has 112 valence electrons. The minimum atomic E-state index is 0.465. The highest BCUT2D eigenvalue weighted by Crippen LogP contribution is 2.35. The number of nitrogens with one attached hydrogen (secondary N) is 1. The molecule has 1 fully saturated rings. The number of ether oxygens (including phenoxy) is 2. The second kappa shape index (κ2) is 6.35. The second-order valence-electron chi connectivity index (χ2n) is 5.81. The van der Waals surface area contributed by atoms with E-state index in [4.69, 9.17) is 9.47 Å². The quantitative estimate of drug-likeness (QED) is 0.917. The summed E-state index contributed by atoms with van der Waals surface area (Å²) in [6, 6.07) is 6.94. The minimum absolute atomic E-state index is 0.465. The predicted octanol–water partition coefficient (Wildman–Crippen LogP) is 2.53. The lowest BCUT2D eigenvalue weighted by Gasteiger charge is -2.43. The Labute approximate surface area is 122 Å². The Hall–Kier alpha value is -1.42. The lowest BCUT2D eigenvalue weighted by molar-refractivity contribution is 0.341. The van der Waals surface area contributed by atoms with Gasteiger partial charge in [0.05, 0.1) is 19.9 Å². The average molecular weight is 278 g/mol. The minimum Gasteiger partial charge on any atom is -0.497 e. The average Bonchev–Trinajstić information content (AvgIpc) is 2.46. The van der Waals surface area contributed by atoms with E-state index < -0.39 is 0 Å². The number of methoxy groups -OCH3 is 2. The predicted molar refractivity (Wildman–Crippen MR) is 83.0 cm³/mol. The normalized spacial score (nSPS) is 23.0. The van der Waals surface area contributed by atoms with E-state index in [1.54, 1.807) is 14.2 Å². The fourth-order valence-corrected chi connectivity index (χ4v) is 2.82. The Morgan fingerprint density at radius 3 is 2.60 bits per heavy atom. The van der Waals surface area contributed by atoms with Crippen LogP contribution in [0.3, 0.4) is 0 Å². The number of rotatable bonds is 4. The Kier molecular flexibility index (Phi) is 4.76. The maximum Gasteiger partial charge on any atom is 0.142 e. The molecule has 0 spiro atoms. The van der Waals surface area contributed by atoms with Crippen molar-refractivity contribution in [2.75, 3.05) is 32.2 Å². The summed E-state index contributed by atoms with van der Waals surface area (Å²) in [5, 5.41) is 3.57. The van der Waals surface area contributed by atoms with Crippen molar-refractivity contribution in [3.05, 3.63) is 18.2 Å². The summed E-state index contributed by atoms with van der Waals surface area (Å²) in [6.45, 7) is 8.73. The molecule has 0 bridgehead atoms. The molecule has 0 radical (unpaired) electrons. The molecule has 1 saturated heterocycles. The molecule has 1 aromatic carbocycles. The highest BCUT2D eigenvalue weighted by atomic mass is 16.5. The topological polar surface area (TPSA) is 33.7 Å². The molecule has 1 aromatic rings. The van der Waals surface area contributed by atoms with E-state index in [2.05, 4.69) is 37.1 Å². The molecule has 1 aliphatic heterocycles. The van der Waals surface area contributed by atoms with Crippen molar-refractivity contribution >= 4 is 5.69 Å². The van der Waals surface area contributed by atoms with Gasteiger partial charge in [-0.15, -0.1) is 0 Å². The number of benzene rings is 1. The van der Waals surface area contributed by atoms with Gasteiger partial charge in [0, 0.05) is 31.2 Å². The number of hydrogen-bond acceptors (Lipinski definition) is 4. The Bertz CT molecular complexity index is 448. The molecule has 2 rings (SSSR count). The molecule has 0 saturated carbocycles. The van der Waals surface area contributed by atoms with Crippen molar-refractivity contribution in [1.29, 1.82) is 0 Å². The van der Waals surface area contributed by atoms with E-state index >= 15 is 0 Å². The summed E-state index contributed by atoms with van der Waals surface area (Å²) in [7, 11) is 3.42. The lowest BCUT2D eigenvalue weighted by atomic mass is 9.97. The largest absolute Gasteiger partial charge is 0.497 e. The Balaban J connectivity index is 2.39. The summed E-state index contributed by atoms with van der Waals surface area (Å²) in [4.78, 5) is 2.45. The molecule has 20 heavy (non-hydrogen) atoms. The highest BCUT2D eigenvalue weighted by Gasteiger charge is 2.30. The van der Waals surface area contributed by atoms with Crippen molar-refractivity contribution in [3.63, 3.8) is 0 Å². The fourth-order valence-electron chi connectivity index (χ4n) is 2.82. The van der Waals surface area contributed by atoms with Gasteiger partial charge >= 0.3 is 0 Å². The van der Waals surface area contributed by atoms with Gasteiger partial charge in [-0.25, -0.2) is 0 Å². The van der Waals surface area contributed by atoms with E-state index in [9.17, 15) is 0 Å². The monoisotopic (exact) mass is 278 g/mol. The molecule has 0 aromatic heterocycles. The van der Waals surface area contributed by atoms with Crippen molar-refractivity contribution in [3.8, 4) is 11.5 Å². The van der Waals surface area contributed by atoms with Crippen LogP contribution in [0.4, 0.5) is 5.69 Å². The number of anilines is 1. The van der Waals surface area contributed by atoms with Crippen LogP contribution in [0.25, 0.3) is 0 Å². The first-order valence-corrected chi connectivity index (χ1v) is 7.28. The first-order chi connectivity index (χ1) is 9.56. The van der Waals surface area contributed by atoms with Gasteiger partial charge in [-0.2, -0.15) is 0 Å². The van der Waals surface area contributed by atoms with Crippen LogP contribution in [-0.2, 0) is 0 Å². The van der Waals surface area contributed by atoms with E-state index in [1.165, 1.54) is 0 Å². The Morgan fingerprint density at radius 2 is 2.00 bits per heavy atom. The standard InChI is InChI=1S/C16H26N2O2/c1-11(2)15-9-17-12(3)10-18(15)14-8-13(19-4)6-7-16(14)20-5/h6-8,11-12,15,17H,9-10H2,1-5H3. The van der Waals surface area contributed by atoms with Gasteiger partial charge in [-0.1, -0.05) is 13.8 Å². The molecule has 2 atom stereocenters. The summed E-state index contributed by atoms with van der Waals surface area (Å²) in [5.74, 6) is 2.35. The molecule has 0 amide bonds. The smallest absolute Gasteiger partial charge is 0.142 e. The van der Waals surface area contributed by atoms with Gasteiger partial charge in [-0.3, -0.25) is 0 Å². The van der Waals surface area contributed by atoms with Crippen molar-refractivity contribution in [2.24, 2.45) is 5.92 Å². The first kappa shape index (κ1) is 15.0. The number of piperazine rings is 1. The zero-order valence-electron chi connectivity index (χ0n) is 13.1. The third-order valence-electron chi connectivity index (χ3n) is 4.01. The SMILES string of the molecule is COc1ccc(OC)c(N2CC(C)NCC2C(C)C)c1. The van der Waals surface area contributed by atoms with Crippen LogP contribution in [0.1, 0.15) is 20.8 Å². The van der Waals surface area contributed by atoms with Crippen LogP contribution < -0.4 is 19.7 Å². The summed E-state index contributed by atoms with van der Waals surface area (Å²) < 4.78 is 10.9. The van der Waals surface area contributed by atoms with E-state index in [0.29, 0.717) is 18.0 Å². The number of hydrogen-bond donors (Lipinski definition) is 1. The van der Waals surface area contributed by atoms with Crippen LogP contribution in [0.15, 0.2) is 18.2 Å². The highest BCUT2D eigenvalue weighted by molar-refractivity contribution is 5.62. The Morgan fingerprint density at radius 1 is 1.25 bits per heavy atom. The molecular formula is C16H26N2O2. The van der Waals surface area contributed by atoms with Crippen LogP contribution >= 0.6 is 0 Å². The summed E-state index contributed by atoms with van der Waals surface area (Å²) >= 11 is 0. The van der Waals surface area contributed by atoms with E-state index in [1.807, 2.05) is 12.1 Å². The number of nitrogens with zero attached hydrogens (tertiary/aromatic N) is 1. The third-order valence-corrected chi connectivity index (χ3v) is 4.01. The van der Waals surface area contributed by atoms with Gasteiger partial charge in [0.15, 0.2) is 0 Å². The van der Waals surface area contributed by atoms with Gasteiger partial charge in [0.2, 0.25) is 0 Å². The fraction of sp³-hybridized carbons (Fsp3) is 0.625. The summed E-state index contributed by atoms with van der Waals surface area (Å²) in [6.07, 6.45) is 0. The molecule has 1 N–H and O–H groups in total. The van der Waals surface area contributed by atoms with E-state index in [-0.39, 0.29) is 0 Å². The van der Waals surface area contributed by atoms with Gasteiger partial charge in [-0.05, 0) is 25.0 Å².